The van der Waals surface area contributed by atoms with Gasteiger partial charge in [0.05, 0.1) is 72.7 Å². The molecule has 11 aliphatic heterocycles. The van der Waals surface area contributed by atoms with Crippen LogP contribution in [0.2, 0.25) is 0 Å². The van der Waals surface area contributed by atoms with Gasteiger partial charge in [0.15, 0.2) is 69.2 Å². The number of aliphatic hydroxyl groups is 27. The van der Waals surface area contributed by atoms with Gasteiger partial charge in [0.25, 0.3) is 0 Å². The van der Waals surface area contributed by atoms with E-state index in [0.717, 1.165) is 55.4 Å². The Hall–Kier alpha value is -6.16. The Bertz CT molecular complexity index is 4180. The summed E-state index contributed by atoms with van der Waals surface area (Å²) in [7, 11) is 0. The first kappa shape index (κ1) is 120. The van der Waals surface area contributed by atoms with Gasteiger partial charge in [0.1, 0.15) is 268 Å². The van der Waals surface area contributed by atoms with Crippen LogP contribution in [0.3, 0.4) is 0 Å². The maximum absolute atomic E-state index is 13.4. The third-order valence-corrected chi connectivity index (χ3v) is 26.2. The Morgan fingerprint density at radius 1 is 0.178 bits per heavy atom. The van der Waals surface area contributed by atoms with Crippen LogP contribution in [0.1, 0.15) is 55.4 Å². The highest BCUT2D eigenvalue weighted by atomic mass is 16.8. The molecule has 0 spiro atoms. The van der Waals surface area contributed by atoms with Crippen molar-refractivity contribution in [1.82, 2.24) is 42.5 Å². The summed E-state index contributed by atoms with van der Waals surface area (Å²) in [4.78, 5) is 103. The summed E-state index contributed by atoms with van der Waals surface area (Å²) in [5.74, 6) is -7.37. The summed E-state index contributed by atoms with van der Waals surface area (Å²) in [5, 5.41) is 328. The summed E-state index contributed by atoms with van der Waals surface area (Å²) >= 11 is 0. The molecule has 64 nitrogen and oxygen atoms in total. The number of hydrogen-bond donors (Lipinski definition) is 35. The zero-order valence-electron chi connectivity index (χ0n) is 79.4. The number of nitrogens with one attached hydrogen (secondary N) is 8. The van der Waals surface area contributed by atoms with Crippen molar-refractivity contribution in [2.75, 3.05) is 72.7 Å². The van der Waals surface area contributed by atoms with Crippen molar-refractivity contribution in [3.63, 3.8) is 0 Å². The second-order valence-corrected chi connectivity index (χ2v) is 36.8. The Kier molecular flexibility index (Phi) is 43.7. The molecule has 8 amide bonds. The van der Waals surface area contributed by atoms with E-state index in [1.807, 2.05) is 0 Å². The molecule has 0 aromatic heterocycles. The maximum atomic E-state index is 13.4. The average Bonchev–Trinajstić information content (AvgIpc) is 0.760. The molecule has 0 aliphatic carbocycles. The van der Waals surface area contributed by atoms with Crippen LogP contribution in [-0.2, 0) is 138 Å². The number of rotatable bonds is 39. The first-order valence-corrected chi connectivity index (χ1v) is 46.6. The lowest BCUT2D eigenvalue weighted by Gasteiger charge is -2.51. The summed E-state index contributed by atoms with van der Waals surface area (Å²) in [6.07, 6.45) is -101. The van der Waals surface area contributed by atoms with E-state index < -0.39 is 457 Å². The molecule has 0 radical (unpaired) electrons. The molecule has 0 aromatic carbocycles. The van der Waals surface area contributed by atoms with Crippen LogP contribution in [0.5, 0.6) is 0 Å². The number of carbonyl (C=O) groups excluding carboxylic acids is 8. The van der Waals surface area contributed by atoms with E-state index in [4.69, 9.17) is 99.5 Å². The average molecular weight is 2130 g/mol. The minimum absolute atomic E-state index is 0.827. The molecule has 840 valence electrons. The van der Waals surface area contributed by atoms with Gasteiger partial charge in [-0.15, -0.1) is 0 Å². The van der Waals surface area contributed by atoms with Crippen LogP contribution in [0.25, 0.3) is 0 Å². The molecular weight excluding hydrogens is 1990 g/mol. The smallest absolute Gasteiger partial charge is 0.217 e. The van der Waals surface area contributed by atoms with E-state index in [1.54, 1.807) is 0 Å². The molecule has 0 bridgehead atoms. The lowest BCUT2D eigenvalue weighted by Crippen LogP contribution is -2.71. The van der Waals surface area contributed by atoms with Gasteiger partial charge >= 0.3 is 0 Å². The highest BCUT2D eigenvalue weighted by Crippen LogP contribution is 2.42. The summed E-state index contributed by atoms with van der Waals surface area (Å²) in [6.45, 7) is -5.14. The molecule has 0 saturated carbocycles. The third kappa shape index (κ3) is 27.6. The van der Waals surface area contributed by atoms with Gasteiger partial charge in [-0.3, -0.25) is 38.4 Å². The fourth-order valence-electron chi connectivity index (χ4n) is 18.9. The van der Waals surface area contributed by atoms with Crippen molar-refractivity contribution in [2.24, 2.45) is 0 Å². The Balaban J connectivity index is 0.980. The van der Waals surface area contributed by atoms with Crippen LogP contribution < -0.4 is 42.5 Å². The van der Waals surface area contributed by atoms with Crippen molar-refractivity contribution in [3.8, 4) is 0 Å². The first-order chi connectivity index (χ1) is 69.0. The van der Waals surface area contributed by atoms with Crippen molar-refractivity contribution >= 4 is 47.3 Å². The highest BCUT2D eigenvalue weighted by molar-refractivity contribution is 5.76. The zero-order chi connectivity index (χ0) is 108. The Morgan fingerprint density at radius 3 is 0.671 bits per heavy atom. The van der Waals surface area contributed by atoms with Gasteiger partial charge in [0, 0.05) is 55.4 Å². The zero-order valence-corrected chi connectivity index (χ0v) is 79.4. The minimum Gasteiger partial charge on any atom is -0.394 e. The molecule has 35 N–H and O–H groups in total. The van der Waals surface area contributed by atoms with E-state index in [9.17, 15) is 176 Å². The molecule has 55 atom stereocenters. The van der Waals surface area contributed by atoms with E-state index >= 15 is 0 Å². The summed E-state index contributed by atoms with van der Waals surface area (Å²) < 4.78 is 128. The molecule has 0 aromatic rings. The maximum Gasteiger partial charge on any atom is 0.217 e. The topological polar surface area (TPSA) is 973 Å². The second kappa shape index (κ2) is 53.1. The standard InChI is InChI=1S/C82H136N8O56/c1-20(100)83-39-56(117)64(32(13-95)128-72(39)125)139-77-44(88-25(6)105)60(121)68(36(17-99)134-77)143-80-63(124)69(144-82-71(61(122)50(111)31(12-94)132-82)146-79-46(90-27(8)107)59(120)67(35(16-98)136-79)142-76-42(86-23(4)103)55(116)49(110)30(11-93)131-76)52(113)38(137-80)19-127-81-70(145-78-45(89-26(7)106)58(119)66(34(15-97)135-78)141-75-41(85-22(3)102)54(115)48(109)29(10-92)130-75)62(123)51(112)37(138-81)18-126-73-43(87-24(5)104)57(118)65(33(14-96)133-73)140-74-40(84-21(2)101)53(114)47(108)28(9-91)129-74/h28-82,91-99,108-125H,9-19H2,1-8H3,(H,83,100)(H,84,101)(H,85,102)(H,86,103)(H,87,104)(H,88,105)(H,89,106)(H,90,107)/t28-,29-,30-,31-,32-,33-,34-,35-,36-,37-,38-,39-,40-,41-,42-,43-,44-,45-,46-,47+,48+,49+,50-,51-,52-,53-,54-,55-,56-,57-,58-,59-,60-,61+,62+,63+,64-,65-,66-,67-,68-,69+,70+,71+,72-,73-,74+,75+,76+,77+,78+,79+,80+,81+,82-/m1/s1. The van der Waals surface area contributed by atoms with Crippen LogP contribution >= 0.6 is 0 Å². The predicted octanol–water partition coefficient (Wildman–Crippen LogP) is -23.8. The minimum atomic E-state index is -2.72. The summed E-state index contributed by atoms with van der Waals surface area (Å²) in [5.41, 5.74) is 0. The molecule has 146 heavy (non-hydrogen) atoms. The summed E-state index contributed by atoms with van der Waals surface area (Å²) in [6, 6.07) is -14.9. The normalized spacial score (nSPS) is 46.5. The molecule has 64 heteroatoms. The first-order valence-electron chi connectivity index (χ1n) is 46.6. The molecule has 11 fully saturated rings. The SMILES string of the molecule is CC(=O)N[C@@H]1[C@@H](O)[C@H](O[C@@H]2O[C@H](CO)[C@@H](O[C@@H]3O[C@H](CO[C@H]4O[C@H](CO[C@@H]5O[C@H](CO)[C@@H](O[C@@H]6O[C@H](CO)[C@H](O)[C@H](O)[C@H]6NC(C)=O)[C@H](O)[C@H]5NC(C)=O)[C@@H](O)[C@H](O)[C@@H]4O[C@@H]4O[C@H](CO)[C@@H](O[C@@H]5O[C@H](CO)[C@H](O)[C@H](O)[C@H]5NC(C)=O)[C@H](O)[C@H]4NC(C)=O)[C@@H](O)[C@H](O[C@H]4O[C@H](CO)[C@@H](O)[C@H](O)[C@@H]4O[C@@H]4O[C@H](CO)[C@@H](O[C@@H]5O[C@H](CO)[C@H](O)[C@H](O)[C@H]5NC(C)=O)[C@H](O)[C@H]4NC(C)=O)[C@@H]3O)[C@H](O)[C@H]2NC(C)=O)[C@@H](CO)O[C@H]1O. The van der Waals surface area contributed by atoms with Crippen molar-refractivity contribution in [1.29, 1.82) is 0 Å². The van der Waals surface area contributed by atoms with Gasteiger partial charge in [0.2, 0.25) is 47.3 Å². The Labute approximate surface area is 828 Å². The molecule has 0 unspecified atom stereocenters. The van der Waals surface area contributed by atoms with E-state index in [0.29, 0.717) is 0 Å². The van der Waals surface area contributed by atoms with Crippen molar-refractivity contribution < 1.29 is 276 Å². The Morgan fingerprint density at radius 2 is 0.370 bits per heavy atom. The number of aliphatic hydroxyl groups excluding tert-OH is 27. The highest BCUT2D eigenvalue weighted by Gasteiger charge is 2.63. The van der Waals surface area contributed by atoms with Gasteiger partial charge in [-0.2, -0.15) is 0 Å². The van der Waals surface area contributed by atoms with Crippen LogP contribution in [0, 0.1) is 0 Å². The van der Waals surface area contributed by atoms with Gasteiger partial charge in [-0.05, 0) is 0 Å². The lowest BCUT2D eigenvalue weighted by molar-refractivity contribution is -0.398. The van der Waals surface area contributed by atoms with Crippen molar-refractivity contribution in [2.45, 2.75) is 393 Å². The van der Waals surface area contributed by atoms with Gasteiger partial charge in [-0.1, -0.05) is 0 Å². The quantitative estimate of drug-likeness (QED) is 0.0272. The predicted molar refractivity (Wildman–Crippen MR) is 455 cm³/mol. The van der Waals surface area contributed by atoms with Crippen LogP contribution in [0.15, 0.2) is 0 Å². The monoisotopic (exact) mass is 2130 g/mol. The van der Waals surface area contributed by atoms with Crippen molar-refractivity contribution in [3.05, 3.63) is 0 Å². The van der Waals surface area contributed by atoms with Gasteiger partial charge < -0.3 is 280 Å². The third-order valence-electron chi connectivity index (χ3n) is 26.2. The van der Waals surface area contributed by atoms with Gasteiger partial charge in [-0.25, -0.2) is 0 Å². The fourth-order valence-corrected chi connectivity index (χ4v) is 18.9. The van der Waals surface area contributed by atoms with E-state index in [2.05, 4.69) is 42.5 Å². The van der Waals surface area contributed by atoms with Crippen LogP contribution in [0.4, 0.5) is 0 Å². The molecule has 11 aliphatic rings. The number of hydrogen-bond acceptors (Lipinski definition) is 56. The number of amides is 8. The molecule has 11 rings (SSSR count). The van der Waals surface area contributed by atoms with E-state index in [-0.39, 0.29) is 0 Å². The number of ether oxygens (including phenoxy) is 21. The molecule has 11 saturated heterocycles. The largest absolute Gasteiger partial charge is 0.394 e. The molecule has 11 heterocycles. The van der Waals surface area contributed by atoms with E-state index in [1.165, 1.54) is 0 Å². The molecular formula is C82H136N8O56. The lowest BCUT2D eigenvalue weighted by atomic mass is 9.93. The number of carbonyl (C=O) groups is 8. The second-order valence-electron chi connectivity index (χ2n) is 36.8. The van der Waals surface area contributed by atoms with Crippen LogP contribution in [-0.4, -0.2) is 595 Å². The fraction of sp³-hybridized carbons (Fsp3) is 0.902.